The zero-order chi connectivity index (χ0) is 19.6. The summed E-state index contributed by atoms with van der Waals surface area (Å²) in [6.07, 6.45) is 3.65. The summed E-state index contributed by atoms with van der Waals surface area (Å²) >= 11 is 0. The third-order valence-corrected chi connectivity index (χ3v) is 6.49. The predicted molar refractivity (Wildman–Crippen MR) is 97.4 cm³/mol. The second-order valence-corrected chi connectivity index (χ2v) is 8.31. The number of piperidine rings is 1. The van der Waals surface area contributed by atoms with Crippen LogP contribution in [0.15, 0.2) is 39.8 Å². The van der Waals surface area contributed by atoms with Crippen molar-refractivity contribution in [3.8, 4) is 0 Å². The van der Waals surface area contributed by atoms with Crippen molar-refractivity contribution in [2.45, 2.75) is 31.1 Å². The molecule has 2 aromatic rings. The maximum Gasteiger partial charge on any atom is 0.338 e. The average molecular weight is 392 g/mol. The number of aryl methyl sites for hydroxylation is 1. The second kappa shape index (κ2) is 7.53. The van der Waals surface area contributed by atoms with Crippen molar-refractivity contribution in [1.29, 1.82) is 0 Å². The van der Waals surface area contributed by atoms with Crippen LogP contribution in [0.3, 0.4) is 0 Å². The SMILES string of the molecule is Cc1ccc(NC(=O)c2cc(C(=O)O)co2)cc1S(=O)(=O)N1CCCCC1. The molecule has 1 fully saturated rings. The lowest BCUT2D eigenvalue weighted by Gasteiger charge is -2.26. The molecule has 0 spiro atoms. The summed E-state index contributed by atoms with van der Waals surface area (Å²) in [4.78, 5) is 23.3. The lowest BCUT2D eigenvalue weighted by molar-refractivity contribution is 0.0696. The molecular formula is C18H20N2O6S. The fourth-order valence-corrected chi connectivity index (χ4v) is 4.73. The maximum atomic E-state index is 12.9. The third-order valence-electron chi connectivity index (χ3n) is 4.45. The number of sulfonamides is 1. The number of furan rings is 1. The van der Waals surface area contributed by atoms with Gasteiger partial charge < -0.3 is 14.8 Å². The minimum absolute atomic E-state index is 0.141. The van der Waals surface area contributed by atoms with Crippen molar-refractivity contribution in [3.05, 3.63) is 47.4 Å². The molecule has 3 rings (SSSR count). The van der Waals surface area contributed by atoms with Crippen molar-refractivity contribution in [1.82, 2.24) is 4.31 Å². The molecule has 8 nitrogen and oxygen atoms in total. The van der Waals surface area contributed by atoms with Gasteiger partial charge >= 0.3 is 5.97 Å². The Balaban J connectivity index is 1.84. The highest BCUT2D eigenvalue weighted by atomic mass is 32.2. The van der Waals surface area contributed by atoms with Gasteiger partial charge in [0, 0.05) is 24.8 Å². The summed E-state index contributed by atoms with van der Waals surface area (Å²) in [7, 11) is -3.64. The van der Waals surface area contributed by atoms with Crippen LogP contribution in [0, 0.1) is 6.92 Å². The summed E-state index contributed by atoms with van der Waals surface area (Å²) in [5.41, 5.74) is 0.733. The van der Waals surface area contributed by atoms with Gasteiger partial charge in [-0.05, 0) is 37.5 Å². The van der Waals surface area contributed by atoms with Crippen molar-refractivity contribution in [3.63, 3.8) is 0 Å². The highest BCUT2D eigenvalue weighted by Gasteiger charge is 2.27. The Hall–Kier alpha value is -2.65. The first-order chi connectivity index (χ1) is 12.8. The molecule has 1 aliphatic rings. The standard InChI is InChI=1S/C18H20N2O6S/c1-12-5-6-14(19-17(21)15-9-13(11-26-15)18(22)23)10-16(12)27(24,25)20-7-3-2-4-8-20/h5-6,9-11H,2-4,7-8H2,1H3,(H,19,21)(H,22,23). The van der Waals surface area contributed by atoms with Crippen LogP contribution in [0.4, 0.5) is 5.69 Å². The molecule has 144 valence electrons. The normalized spacial score (nSPS) is 15.4. The van der Waals surface area contributed by atoms with E-state index in [9.17, 15) is 18.0 Å². The molecule has 27 heavy (non-hydrogen) atoms. The molecule has 2 N–H and O–H groups in total. The van der Waals surface area contributed by atoms with E-state index in [0.29, 0.717) is 18.7 Å². The third kappa shape index (κ3) is 4.04. The first-order valence-electron chi connectivity index (χ1n) is 8.53. The number of amides is 1. The topological polar surface area (TPSA) is 117 Å². The number of benzene rings is 1. The van der Waals surface area contributed by atoms with Crippen molar-refractivity contribution < 1.29 is 27.5 Å². The minimum atomic E-state index is -3.64. The number of anilines is 1. The minimum Gasteiger partial charge on any atom is -0.478 e. The second-order valence-electron chi connectivity index (χ2n) is 6.40. The highest BCUT2D eigenvalue weighted by Crippen LogP contribution is 2.26. The number of hydrogen-bond donors (Lipinski definition) is 2. The first-order valence-corrected chi connectivity index (χ1v) is 9.97. The smallest absolute Gasteiger partial charge is 0.338 e. The van der Waals surface area contributed by atoms with E-state index in [1.165, 1.54) is 10.4 Å². The summed E-state index contributed by atoms with van der Waals surface area (Å²) < 4.78 is 32.3. The van der Waals surface area contributed by atoms with Crippen molar-refractivity contribution in [2.24, 2.45) is 0 Å². The van der Waals surface area contributed by atoms with Gasteiger partial charge in [-0.25, -0.2) is 13.2 Å². The number of carbonyl (C=O) groups is 2. The summed E-state index contributed by atoms with van der Waals surface area (Å²) in [6.45, 7) is 2.68. The molecule has 1 aromatic heterocycles. The van der Waals surface area contributed by atoms with Gasteiger partial charge in [0.15, 0.2) is 5.76 Å². The molecule has 1 aliphatic heterocycles. The van der Waals surface area contributed by atoms with Gasteiger partial charge in [-0.3, -0.25) is 4.79 Å². The van der Waals surface area contributed by atoms with Gasteiger partial charge in [0.25, 0.3) is 5.91 Å². The van der Waals surface area contributed by atoms with Crippen LogP contribution in [0.1, 0.15) is 45.7 Å². The van der Waals surface area contributed by atoms with Crippen LogP contribution in [0.25, 0.3) is 0 Å². The van der Waals surface area contributed by atoms with E-state index in [0.717, 1.165) is 31.6 Å². The van der Waals surface area contributed by atoms with E-state index in [1.54, 1.807) is 19.1 Å². The fourth-order valence-electron chi connectivity index (χ4n) is 2.96. The Morgan fingerprint density at radius 2 is 1.85 bits per heavy atom. The molecule has 0 bridgehead atoms. The van der Waals surface area contributed by atoms with Gasteiger partial charge in [0.1, 0.15) is 6.26 Å². The van der Waals surface area contributed by atoms with E-state index in [2.05, 4.69) is 5.32 Å². The zero-order valence-electron chi connectivity index (χ0n) is 14.8. The van der Waals surface area contributed by atoms with Crippen molar-refractivity contribution >= 4 is 27.6 Å². The van der Waals surface area contributed by atoms with Crippen LogP contribution >= 0.6 is 0 Å². The molecule has 1 amide bonds. The van der Waals surface area contributed by atoms with Crippen LogP contribution < -0.4 is 5.32 Å². The van der Waals surface area contributed by atoms with Crippen LogP contribution in [0.5, 0.6) is 0 Å². The zero-order valence-corrected chi connectivity index (χ0v) is 15.6. The monoisotopic (exact) mass is 392 g/mol. The van der Waals surface area contributed by atoms with Gasteiger partial charge in [-0.1, -0.05) is 12.5 Å². The van der Waals surface area contributed by atoms with Gasteiger partial charge in [-0.2, -0.15) is 4.31 Å². The summed E-state index contributed by atoms with van der Waals surface area (Å²) in [6, 6.07) is 5.73. The van der Waals surface area contributed by atoms with Gasteiger partial charge in [-0.15, -0.1) is 0 Å². The number of carboxylic acid groups (broad SMARTS) is 1. The maximum absolute atomic E-state index is 12.9. The molecule has 9 heteroatoms. The Bertz CT molecular complexity index is 973. The number of carbonyl (C=O) groups excluding carboxylic acids is 1. The Morgan fingerprint density at radius 3 is 2.48 bits per heavy atom. The van der Waals surface area contributed by atoms with Crippen LogP contribution in [-0.4, -0.2) is 42.8 Å². The van der Waals surface area contributed by atoms with E-state index in [4.69, 9.17) is 9.52 Å². The Labute approximate surface area is 156 Å². The first kappa shape index (κ1) is 19.1. The number of rotatable bonds is 5. The number of carboxylic acids is 1. The molecule has 0 saturated carbocycles. The molecule has 0 radical (unpaired) electrons. The highest BCUT2D eigenvalue weighted by molar-refractivity contribution is 7.89. The summed E-state index contributed by atoms with van der Waals surface area (Å²) in [5, 5.41) is 11.4. The largest absolute Gasteiger partial charge is 0.478 e. The van der Waals surface area contributed by atoms with E-state index in [1.807, 2.05) is 0 Å². The number of aromatic carboxylic acids is 1. The van der Waals surface area contributed by atoms with Crippen LogP contribution in [0.2, 0.25) is 0 Å². The Morgan fingerprint density at radius 1 is 1.15 bits per heavy atom. The number of nitrogens with one attached hydrogen (secondary N) is 1. The van der Waals surface area contributed by atoms with Gasteiger partial charge in [0.2, 0.25) is 10.0 Å². The molecular weight excluding hydrogens is 372 g/mol. The van der Waals surface area contributed by atoms with E-state index in [-0.39, 0.29) is 21.9 Å². The quantitative estimate of drug-likeness (QED) is 0.808. The molecule has 0 aliphatic carbocycles. The molecule has 0 atom stereocenters. The van der Waals surface area contributed by atoms with Crippen molar-refractivity contribution in [2.75, 3.05) is 18.4 Å². The summed E-state index contributed by atoms with van der Waals surface area (Å²) in [5.74, 6) is -2.04. The molecule has 1 saturated heterocycles. The predicted octanol–water partition coefficient (Wildman–Crippen LogP) is 2.71. The molecule has 1 aromatic carbocycles. The lowest BCUT2D eigenvalue weighted by Crippen LogP contribution is -2.36. The Kier molecular flexibility index (Phi) is 5.33. The van der Waals surface area contributed by atoms with Crippen LogP contribution in [-0.2, 0) is 10.0 Å². The number of nitrogens with zero attached hydrogens (tertiary/aromatic N) is 1. The fraction of sp³-hybridized carbons (Fsp3) is 0.333. The average Bonchev–Trinajstić information content (AvgIpc) is 3.14. The van der Waals surface area contributed by atoms with E-state index < -0.39 is 21.9 Å². The van der Waals surface area contributed by atoms with E-state index >= 15 is 0 Å². The lowest BCUT2D eigenvalue weighted by atomic mass is 10.2. The van der Waals surface area contributed by atoms with Gasteiger partial charge in [0.05, 0.1) is 10.5 Å². The number of hydrogen-bond acceptors (Lipinski definition) is 5. The molecule has 0 unspecified atom stereocenters. The molecule has 2 heterocycles.